The Morgan fingerprint density at radius 1 is 1.52 bits per heavy atom. The SMILES string of the molecule is N#CB1CCn2nc(-c3cccc(F)c3)c(C(N)=O)c2C1. The molecular formula is C14H12BFN4O. The Balaban J connectivity index is 2.17. The number of primary amides is 1. The molecule has 104 valence electrons. The molecule has 0 radical (unpaired) electrons. The van der Waals surface area contributed by atoms with Gasteiger partial charge >= 0.3 is 0 Å². The highest BCUT2D eigenvalue weighted by atomic mass is 19.1. The Bertz CT molecular complexity index is 765. The highest BCUT2D eigenvalue weighted by Crippen LogP contribution is 2.29. The molecule has 0 saturated heterocycles. The second kappa shape index (κ2) is 5.06. The molecule has 2 aromatic rings. The highest BCUT2D eigenvalue weighted by molar-refractivity contribution is 6.66. The lowest BCUT2D eigenvalue weighted by Gasteiger charge is -2.15. The van der Waals surface area contributed by atoms with E-state index in [1.165, 1.54) is 12.1 Å². The first-order chi connectivity index (χ1) is 10.1. The molecule has 5 nitrogen and oxygen atoms in total. The van der Waals surface area contributed by atoms with Crippen LogP contribution in [0.2, 0.25) is 6.32 Å². The first kappa shape index (κ1) is 13.4. The predicted octanol–water partition coefficient (Wildman–Crippen LogP) is 1.44. The first-order valence-corrected chi connectivity index (χ1v) is 6.65. The molecule has 0 unspecified atom stereocenters. The van der Waals surface area contributed by atoms with Gasteiger partial charge in [0, 0.05) is 23.8 Å². The van der Waals surface area contributed by atoms with E-state index >= 15 is 0 Å². The van der Waals surface area contributed by atoms with Crippen molar-refractivity contribution in [2.75, 3.05) is 0 Å². The number of hydrogen-bond donors (Lipinski definition) is 1. The zero-order valence-electron chi connectivity index (χ0n) is 11.2. The van der Waals surface area contributed by atoms with Gasteiger partial charge in [-0.3, -0.25) is 9.48 Å². The quantitative estimate of drug-likeness (QED) is 0.846. The van der Waals surface area contributed by atoms with Gasteiger partial charge in [0.15, 0.2) is 0 Å². The Hall–Kier alpha value is -2.62. The van der Waals surface area contributed by atoms with Gasteiger partial charge in [-0.25, -0.2) is 9.65 Å². The van der Waals surface area contributed by atoms with Crippen LogP contribution in [-0.2, 0) is 12.9 Å². The fourth-order valence-electron chi connectivity index (χ4n) is 2.71. The third kappa shape index (κ3) is 2.29. The summed E-state index contributed by atoms with van der Waals surface area (Å²) in [7, 11) is 0. The summed E-state index contributed by atoms with van der Waals surface area (Å²) < 4.78 is 15.1. The lowest BCUT2D eigenvalue weighted by Crippen LogP contribution is -2.28. The van der Waals surface area contributed by atoms with Crippen molar-refractivity contribution in [3.63, 3.8) is 0 Å². The third-order valence-corrected chi connectivity index (χ3v) is 3.71. The minimum absolute atomic E-state index is 0.146. The van der Waals surface area contributed by atoms with Crippen molar-refractivity contribution in [1.29, 1.82) is 5.26 Å². The number of nitriles is 1. The fourth-order valence-corrected chi connectivity index (χ4v) is 2.71. The molecule has 2 heterocycles. The number of nitrogens with zero attached hydrogens (tertiary/aromatic N) is 3. The number of benzene rings is 1. The van der Waals surface area contributed by atoms with Crippen LogP contribution in [0.25, 0.3) is 11.3 Å². The molecule has 0 bridgehead atoms. The second-order valence-corrected chi connectivity index (χ2v) is 5.09. The Morgan fingerprint density at radius 3 is 3.00 bits per heavy atom. The van der Waals surface area contributed by atoms with Crippen LogP contribution < -0.4 is 5.73 Å². The van der Waals surface area contributed by atoms with Gasteiger partial charge in [-0.05, 0) is 24.8 Å². The Morgan fingerprint density at radius 2 is 2.33 bits per heavy atom. The topological polar surface area (TPSA) is 84.7 Å². The number of hydrogen-bond acceptors (Lipinski definition) is 3. The second-order valence-electron chi connectivity index (χ2n) is 5.09. The molecule has 2 N–H and O–H groups in total. The molecule has 1 aromatic heterocycles. The lowest BCUT2D eigenvalue weighted by atomic mass is 9.45. The van der Waals surface area contributed by atoms with E-state index in [2.05, 4.69) is 11.1 Å². The van der Waals surface area contributed by atoms with Crippen molar-refractivity contribution in [3.05, 3.63) is 41.3 Å². The van der Waals surface area contributed by atoms with Gasteiger partial charge in [0.25, 0.3) is 12.6 Å². The summed E-state index contributed by atoms with van der Waals surface area (Å²) in [5.41, 5.74) is 7.33. The van der Waals surface area contributed by atoms with Crippen molar-refractivity contribution in [3.8, 4) is 17.2 Å². The van der Waals surface area contributed by atoms with E-state index in [-0.39, 0.29) is 6.71 Å². The lowest BCUT2D eigenvalue weighted by molar-refractivity contribution is 0.1000. The minimum Gasteiger partial charge on any atom is -0.365 e. The van der Waals surface area contributed by atoms with Crippen LogP contribution >= 0.6 is 0 Å². The largest absolute Gasteiger partial charge is 0.365 e. The van der Waals surface area contributed by atoms with Gasteiger partial charge in [0.05, 0.1) is 5.56 Å². The smallest absolute Gasteiger partial charge is 0.275 e. The van der Waals surface area contributed by atoms with Crippen LogP contribution in [0.1, 0.15) is 16.1 Å². The van der Waals surface area contributed by atoms with E-state index in [1.807, 2.05) is 0 Å². The molecule has 1 amide bonds. The molecule has 0 aliphatic carbocycles. The molecule has 7 heteroatoms. The zero-order chi connectivity index (χ0) is 15.0. The van der Waals surface area contributed by atoms with E-state index in [9.17, 15) is 9.18 Å². The number of halogens is 1. The summed E-state index contributed by atoms with van der Waals surface area (Å²) in [4.78, 5) is 11.8. The standard InChI is InChI=1S/C14H12BFN4O/c16-10-3-1-2-9(6-10)13-12(14(18)21)11-7-15(8-17)4-5-20(11)19-13/h1-3,6H,4-5,7H2,(H2,18,21). The summed E-state index contributed by atoms with van der Waals surface area (Å²) in [5.74, 6) is 1.21. The fraction of sp³-hybridized carbons (Fsp3) is 0.214. The molecule has 0 atom stereocenters. The summed E-state index contributed by atoms with van der Waals surface area (Å²) >= 11 is 0. The van der Waals surface area contributed by atoms with Crippen LogP contribution in [0.3, 0.4) is 0 Å². The number of aromatic nitrogens is 2. The molecule has 3 rings (SSSR count). The van der Waals surface area contributed by atoms with Gasteiger partial charge in [0.1, 0.15) is 11.5 Å². The minimum atomic E-state index is -0.603. The molecule has 1 aromatic carbocycles. The predicted molar refractivity (Wildman–Crippen MR) is 76.0 cm³/mol. The maximum Gasteiger partial charge on any atom is 0.275 e. The number of amides is 1. The van der Waals surface area contributed by atoms with Crippen LogP contribution in [-0.4, -0.2) is 22.4 Å². The van der Waals surface area contributed by atoms with Gasteiger partial charge < -0.3 is 5.73 Å². The summed E-state index contributed by atoms with van der Waals surface area (Å²) in [6, 6.07) is 5.90. The van der Waals surface area contributed by atoms with E-state index < -0.39 is 11.7 Å². The number of nitrogens with two attached hydrogens (primary N) is 1. The van der Waals surface area contributed by atoms with Crippen LogP contribution in [0.4, 0.5) is 4.39 Å². The number of carbonyl (C=O) groups excluding carboxylic acids is 1. The third-order valence-electron chi connectivity index (χ3n) is 3.71. The number of carbonyl (C=O) groups is 1. The zero-order valence-corrected chi connectivity index (χ0v) is 11.2. The van der Waals surface area contributed by atoms with E-state index in [0.717, 1.165) is 0 Å². The summed E-state index contributed by atoms with van der Waals surface area (Å²) in [5, 5.41) is 13.5. The maximum atomic E-state index is 13.4. The maximum absolute atomic E-state index is 13.4. The van der Waals surface area contributed by atoms with E-state index in [4.69, 9.17) is 11.0 Å². The van der Waals surface area contributed by atoms with Gasteiger partial charge in [-0.2, -0.15) is 5.10 Å². The molecule has 21 heavy (non-hydrogen) atoms. The van der Waals surface area contributed by atoms with Crippen molar-refractivity contribution in [1.82, 2.24) is 9.78 Å². The Labute approximate surface area is 121 Å². The van der Waals surface area contributed by atoms with Crippen LogP contribution in [0.5, 0.6) is 0 Å². The average molecular weight is 282 g/mol. The number of rotatable bonds is 2. The Kier molecular flexibility index (Phi) is 3.22. The first-order valence-electron chi connectivity index (χ1n) is 6.65. The number of fused-ring (bicyclic) bond motifs is 1. The monoisotopic (exact) mass is 282 g/mol. The van der Waals surface area contributed by atoms with Gasteiger partial charge in [-0.15, -0.1) is 0 Å². The normalized spacial score (nSPS) is 13.6. The van der Waals surface area contributed by atoms with E-state index in [1.54, 1.807) is 16.8 Å². The summed E-state index contributed by atoms with van der Waals surface area (Å²) in [6.07, 6.45) is 1.13. The number of aryl methyl sites for hydroxylation is 1. The molecule has 0 fully saturated rings. The summed E-state index contributed by atoms with van der Waals surface area (Å²) in [6.45, 7) is 0.413. The van der Waals surface area contributed by atoms with Crippen molar-refractivity contribution >= 4 is 12.6 Å². The molecule has 0 spiro atoms. The van der Waals surface area contributed by atoms with Crippen LogP contribution in [0.15, 0.2) is 24.3 Å². The van der Waals surface area contributed by atoms with Crippen LogP contribution in [0, 0.1) is 17.0 Å². The average Bonchev–Trinajstić information content (AvgIpc) is 2.85. The molecule has 1 aliphatic rings. The van der Waals surface area contributed by atoms with Gasteiger partial charge in [-0.1, -0.05) is 12.1 Å². The van der Waals surface area contributed by atoms with E-state index in [0.29, 0.717) is 41.7 Å². The molecular weight excluding hydrogens is 270 g/mol. The van der Waals surface area contributed by atoms with Crippen molar-refractivity contribution < 1.29 is 9.18 Å². The molecule has 1 aliphatic heterocycles. The molecule has 0 saturated carbocycles. The van der Waals surface area contributed by atoms with Crippen molar-refractivity contribution in [2.24, 2.45) is 5.73 Å². The van der Waals surface area contributed by atoms with Gasteiger partial charge in [0.2, 0.25) is 0 Å². The van der Waals surface area contributed by atoms with Crippen molar-refractivity contribution in [2.45, 2.75) is 19.2 Å². The highest BCUT2D eigenvalue weighted by Gasteiger charge is 2.30.